The van der Waals surface area contributed by atoms with Gasteiger partial charge in [-0.2, -0.15) is 0 Å². The van der Waals surface area contributed by atoms with Gasteiger partial charge in [-0.3, -0.25) is 4.90 Å². The molecule has 1 rings (SSSR count). The lowest BCUT2D eigenvalue weighted by Crippen LogP contribution is -2.55. The monoisotopic (exact) mass is 270 g/mol. The van der Waals surface area contributed by atoms with Crippen molar-refractivity contribution in [3.05, 3.63) is 0 Å². The minimum atomic E-state index is -0.706. The summed E-state index contributed by atoms with van der Waals surface area (Å²) in [7, 11) is 0. The van der Waals surface area contributed by atoms with Crippen LogP contribution in [-0.2, 0) is 9.47 Å². The fourth-order valence-corrected chi connectivity index (χ4v) is 1.91. The Morgan fingerprint density at radius 2 is 2.12 bits per heavy atom. The van der Waals surface area contributed by atoms with Crippen LogP contribution in [0.1, 0.15) is 6.92 Å². The zero-order valence-electron chi connectivity index (χ0n) is 9.12. The molecule has 1 aliphatic rings. The van der Waals surface area contributed by atoms with Gasteiger partial charge in [0, 0.05) is 13.1 Å². The maximum absolute atomic E-state index is 11.3. The molecule has 0 aromatic carbocycles. The number of halogens is 2. The largest absolute Gasteiger partial charge is 0.450 e. The van der Waals surface area contributed by atoms with Gasteiger partial charge in [-0.25, -0.2) is 4.79 Å². The second-order valence-corrected chi connectivity index (χ2v) is 4.46. The maximum Gasteiger partial charge on any atom is 0.408 e. The first-order valence-electron chi connectivity index (χ1n) is 5.18. The van der Waals surface area contributed by atoms with Gasteiger partial charge in [-0.15, -0.1) is 23.2 Å². The molecule has 94 valence electrons. The fourth-order valence-electron chi connectivity index (χ4n) is 1.46. The summed E-state index contributed by atoms with van der Waals surface area (Å²) in [5.41, 5.74) is 0. The van der Waals surface area contributed by atoms with Crippen LogP contribution in [0.2, 0.25) is 0 Å². The third kappa shape index (κ3) is 4.33. The van der Waals surface area contributed by atoms with E-state index in [4.69, 9.17) is 32.7 Å². The van der Waals surface area contributed by atoms with Crippen LogP contribution in [0.3, 0.4) is 0 Å². The molecule has 0 unspecified atom stereocenters. The van der Waals surface area contributed by atoms with Crippen molar-refractivity contribution in [2.45, 2.75) is 17.9 Å². The second-order valence-electron chi connectivity index (χ2n) is 3.29. The summed E-state index contributed by atoms with van der Waals surface area (Å²) >= 11 is 11.7. The van der Waals surface area contributed by atoms with Crippen LogP contribution < -0.4 is 5.32 Å². The van der Waals surface area contributed by atoms with Crippen LogP contribution in [0.15, 0.2) is 0 Å². The summed E-state index contributed by atoms with van der Waals surface area (Å²) in [5.74, 6) is 0. The molecular formula is C9H16Cl2N2O3. The number of amides is 1. The van der Waals surface area contributed by atoms with E-state index in [9.17, 15) is 4.79 Å². The molecule has 1 saturated heterocycles. The molecule has 0 aromatic heterocycles. The van der Waals surface area contributed by atoms with Crippen molar-refractivity contribution >= 4 is 29.3 Å². The number of hydrogen-bond donors (Lipinski definition) is 1. The predicted molar refractivity (Wildman–Crippen MR) is 61.8 cm³/mol. The van der Waals surface area contributed by atoms with E-state index in [1.54, 1.807) is 6.92 Å². The van der Waals surface area contributed by atoms with E-state index in [0.29, 0.717) is 32.9 Å². The zero-order chi connectivity index (χ0) is 12.0. The van der Waals surface area contributed by atoms with Gasteiger partial charge in [0.25, 0.3) is 0 Å². The number of hydrogen-bond acceptors (Lipinski definition) is 4. The van der Waals surface area contributed by atoms with Crippen molar-refractivity contribution in [1.82, 2.24) is 10.2 Å². The van der Waals surface area contributed by atoms with E-state index in [-0.39, 0.29) is 0 Å². The molecule has 0 radical (unpaired) electrons. The van der Waals surface area contributed by atoms with Gasteiger partial charge in [-0.1, -0.05) is 0 Å². The Kier molecular flexibility index (Phi) is 6.20. The number of carbonyl (C=O) groups is 1. The number of morpholine rings is 1. The van der Waals surface area contributed by atoms with E-state index in [1.807, 2.05) is 4.90 Å². The quantitative estimate of drug-likeness (QED) is 0.780. The first-order chi connectivity index (χ1) is 7.65. The smallest absolute Gasteiger partial charge is 0.408 e. The minimum Gasteiger partial charge on any atom is -0.450 e. The molecular weight excluding hydrogens is 255 g/mol. The molecule has 0 spiro atoms. The summed E-state index contributed by atoms with van der Waals surface area (Å²) in [6, 6.07) is 0. The van der Waals surface area contributed by atoms with Gasteiger partial charge in [0.15, 0.2) is 0 Å². The highest BCUT2D eigenvalue weighted by molar-refractivity contribution is 6.44. The Hall–Kier alpha value is -0.230. The van der Waals surface area contributed by atoms with E-state index >= 15 is 0 Å². The van der Waals surface area contributed by atoms with Crippen LogP contribution in [0.25, 0.3) is 0 Å². The third-order valence-electron chi connectivity index (χ3n) is 2.22. The summed E-state index contributed by atoms with van der Waals surface area (Å²) in [6.45, 7) is 4.65. The van der Waals surface area contributed by atoms with Crippen LogP contribution in [0.4, 0.5) is 4.79 Å². The van der Waals surface area contributed by atoms with Gasteiger partial charge in [0.05, 0.1) is 19.8 Å². The van der Waals surface area contributed by atoms with Crippen LogP contribution in [-0.4, -0.2) is 54.9 Å². The zero-order valence-corrected chi connectivity index (χ0v) is 10.6. The molecule has 0 saturated carbocycles. The molecule has 16 heavy (non-hydrogen) atoms. The van der Waals surface area contributed by atoms with E-state index in [0.717, 1.165) is 0 Å². The molecule has 0 aliphatic carbocycles. The highest BCUT2D eigenvalue weighted by Gasteiger charge is 2.28. The maximum atomic E-state index is 11.3. The van der Waals surface area contributed by atoms with Crippen LogP contribution >= 0.6 is 23.2 Å². The average molecular weight is 271 g/mol. The Bertz CT molecular complexity index is 223. The van der Waals surface area contributed by atoms with Gasteiger partial charge in [0.1, 0.15) is 11.0 Å². The third-order valence-corrected chi connectivity index (χ3v) is 2.70. The molecule has 1 amide bonds. The number of carbonyl (C=O) groups excluding carboxylic acids is 1. The molecule has 1 N–H and O–H groups in total. The number of ether oxygens (including phenoxy) is 2. The molecule has 1 fully saturated rings. The van der Waals surface area contributed by atoms with Crippen molar-refractivity contribution in [3.8, 4) is 0 Å². The Labute approximate surface area is 105 Å². The lowest BCUT2D eigenvalue weighted by atomic mass is 10.3. The minimum absolute atomic E-state index is 0.316. The van der Waals surface area contributed by atoms with Crippen LogP contribution in [0, 0.1) is 0 Å². The summed E-state index contributed by atoms with van der Waals surface area (Å²) in [4.78, 5) is 12.5. The number of alkyl carbamates (subject to hydrolysis) is 1. The molecule has 1 aliphatic heterocycles. The van der Waals surface area contributed by atoms with Crippen molar-refractivity contribution in [3.63, 3.8) is 0 Å². The van der Waals surface area contributed by atoms with Crippen LogP contribution in [0.5, 0.6) is 0 Å². The van der Waals surface area contributed by atoms with Gasteiger partial charge in [-0.05, 0) is 6.92 Å². The topological polar surface area (TPSA) is 50.8 Å². The normalized spacial score (nSPS) is 19.5. The number of rotatable bonds is 4. The molecule has 1 atom stereocenters. The Morgan fingerprint density at radius 1 is 1.50 bits per heavy atom. The molecule has 5 nitrogen and oxygen atoms in total. The highest BCUT2D eigenvalue weighted by Crippen LogP contribution is 2.14. The second kappa shape index (κ2) is 7.17. The van der Waals surface area contributed by atoms with Gasteiger partial charge in [0.2, 0.25) is 0 Å². The SMILES string of the molecule is CCOC(=O)N[C@H](C(Cl)Cl)N1CCOCC1. The van der Waals surface area contributed by atoms with Crippen molar-refractivity contribution in [2.75, 3.05) is 32.9 Å². The number of alkyl halides is 2. The molecule has 7 heteroatoms. The summed E-state index contributed by atoms with van der Waals surface area (Å²) in [5, 5.41) is 2.63. The van der Waals surface area contributed by atoms with Crippen molar-refractivity contribution in [1.29, 1.82) is 0 Å². The Morgan fingerprint density at radius 3 is 2.62 bits per heavy atom. The average Bonchev–Trinajstić information content (AvgIpc) is 2.27. The standard InChI is InChI=1S/C9H16Cl2N2O3/c1-2-16-9(14)12-8(7(10)11)13-3-5-15-6-4-13/h7-8H,2-6H2,1H3,(H,12,14)/t8-/m0/s1. The fraction of sp³-hybridized carbons (Fsp3) is 0.889. The summed E-state index contributed by atoms with van der Waals surface area (Å²) in [6.07, 6.45) is -0.948. The van der Waals surface area contributed by atoms with Crippen molar-refractivity contribution in [2.24, 2.45) is 0 Å². The van der Waals surface area contributed by atoms with E-state index in [2.05, 4.69) is 5.32 Å². The number of nitrogens with one attached hydrogen (secondary N) is 1. The first-order valence-corrected chi connectivity index (χ1v) is 6.05. The predicted octanol–water partition coefficient (Wildman–Crippen LogP) is 1.19. The van der Waals surface area contributed by atoms with E-state index < -0.39 is 17.1 Å². The lowest BCUT2D eigenvalue weighted by Gasteiger charge is -2.35. The van der Waals surface area contributed by atoms with Gasteiger partial charge < -0.3 is 14.8 Å². The first kappa shape index (κ1) is 13.8. The molecule has 0 bridgehead atoms. The van der Waals surface area contributed by atoms with Crippen molar-refractivity contribution < 1.29 is 14.3 Å². The Balaban J connectivity index is 2.48. The highest BCUT2D eigenvalue weighted by atomic mass is 35.5. The molecule has 0 aromatic rings. The van der Waals surface area contributed by atoms with E-state index in [1.165, 1.54) is 0 Å². The van der Waals surface area contributed by atoms with Gasteiger partial charge >= 0.3 is 6.09 Å². The molecule has 1 heterocycles. The lowest BCUT2D eigenvalue weighted by molar-refractivity contribution is 0.0114. The number of nitrogens with zero attached hydrogens (tertiary/aromatic N) is 1. The summed E-state index contributed by atoms with van der Waals surface area (Å²) < 4.78 is 10.00.